The van der Waals surface area contributed by atoms with Crippen molar-refractivity contribution in [2.75, 3.05) is 19.5 Å². The minimum Gasteiger partial charge on any atom is -0.497 e. The van der Waals surface area contributed by atoms with Crippen LogP contribution in [0.3, 0.4) is 0 Å². The fraction of sp³-hybridized carbons (Fsp3) is 0.129. The van der Waals surface area contributed by atoms with Gasteiger partial charge in [-0.25, -0.2) is 9.18 Å². The Balaban J connectivity index is 1.55. The minimum absolute atomic E-state index is 0.272. The molecule has 0 aromatic heterocycles. The Morgan fingerprint density at radius 3 is 2.27 bits per heavy atom. The molecule has 4 nitrogen and oxygen atoms in total. The summed E-state index contributed by atoms with van der Waals surface area (Å²) in [5, 5.41) is 8.82. The largest absolute Gasteiger partial charge is 0.497 e. The molecule has 37 heavy (non-hydrogen) atoms. The van der Waals surface area contributed by atoms with E-state index < -0.39 is 5.97 Å². The minimum atomic E-state index is -1.01. The van der Waals surface area contributed by atoms with Crippen LogP contribution in [0.25, 0.3) is 16.7 Å². The second-order valence-electron chi connectivity index (χ2n) is 8.35. The molecule has 0 aliphatic carbocycles. The van der Waals surface area contributed by atoms with Gasteiger partial charge in [-0.05, 0) is 82.8 Å². The maximum Gasteiger partial charge on any atom is 0.341 e. The molecule has 0 spiro atoms. The van der Waals surface area contributed by atoms with E-state index >= 15 is 0 Å². The Kier molecular flexibility index (Phi) is 8.64. The summed E-state index contributed by atoms with van der Waals surface area (Å²) in [7, 11) is 1.66. The van der Waals surface area contributed by atoms with Crippen molar-refractivity contribution in [1.82, 2.24) is 0 Å². The Bertz CT molecular complexity index is 1400. The number of halogens is 1. The number of benzene rings is 4. The second-order valence-corrected chi connectivity index (χ2v) is 9.45. The molecule has 4 rings (SSSR count). The predicted octanol–water partition coefficient (Wildman–Crippen LogP) is 7.50. The number of carboxylic acid groups (broad SMARTS) is 1. The molecule has 4 aromatic rings. The number of methoxy groups -OCH3 is 1. The van der Waals surface area contributed by atoms with E-state index in [-0.39, 0.29) is 12.4 Å². The average molecular weight is 515 g/mol. The van der Waals surface area contributed by atoms with E-state index in [0.29, 0.717) is 11.5 Å². The summed E-state index contributed by atoms with van der Waals surface area (Å²) in [6, 6.07) is 28.5. The summed E-state index contributed by atoms with van der Waals surface area (Å²) in [6.07, 6.45) is 2.14. The van der Waals surface area contributed by atoms with Crippen molar-refractivity contribution in [2.24, 2.45) is 0 Å². The SMILES string of the molecule is COc1cccc(-c2ccc(/C(=C\CSc3ccc(OCC(=O)O)c(C)c3)c3ccc(F)cc3)cc2)c1. The molecule has 1 N–H and O–H groups in total. The summed E-state index contributed by atoms with van der Waals surface area (Å²) in [5.41, 5.74) is 6.01. The fourth-order valence-electron chi connectivity index (χ4n) is 3.91. The Morgan fingerprint density at radius 1 is 0.919 bits per heavy atom. The normalized spacial score (nSPS) is 11.3. The van der Waals surface area contributed by atoms with Gasteiger partial charge in [0.05, 0.1) is 7.11 Å². The molecule has 0 aliphatic heterocycles. The van der Waals surface area contributed by atoms with Crippen LogP contribution in [0.4, 0.5) is 4.39 Å². The zero-order valence-electron chi connectivity index (χ0n) is 20.6. The Morgan fingerprint density at radius 2 is 1.62 bits per heavy atom. The molecule has 0 unspecified atom stereocenters. The molecular weight excluding hydrogens is 487 g/mol. The summed E-state index contributed by atoms with van der Waals surface area (Å²) < 4.78 is 24.3. The first-order chi connectivity index (χ1) is 17.9. The van der Waals surface area contributed by atoms with Gasteiger partial charge in [0.1, 0.15) is 17.3 Å². The first kappa shape index (κ1) is 26.0. The van der Waals surface area contributed by atoms with E-state index in [1.807, 2.05) is 43.3 Å². The molecule has 6 heteroatoms. The van der Waals surface area contributed by atoms with Crippen LogP contribution in [0, 0.1) is 12.7 Å². The van der Waals surface area contributed by atoms with Crippen LogP contribution in [0.15, 0.2) is 102 Å². The van der Waals surface area contributed by atoms with Gasteiger partial charge < -0.3 is 14.6 Å². The van der Waals surface area contributed by atoms with Crippen molar-refractivity contribution in [3.8, 4) is 22.6 Å². The molecule has 188 valence electrons. The number of aliphatic carboxylic acids is 1. The molecule has 0 atom stereocenters. The van der Waals surface area contributed by atoms with Crippen molar-refractivity contribution in [1.29, 1.82) is 0 Å². The van der Waals surface area contributed by atoms with Gasteiger partial charge in [0.15, 0.2) is 6.61 Å². The van der Waals surface area contributed by atoms with Gasteiger partial charge in [-0.15, -0.1) is 11.8 Å². The van der Waals surface area contributed by atoms with Crippen LogP contribution in [0.1, 0.15) is 16.7 Å². The van der Waals surface area contributed by atoms with Gasteiger partial charge in [-0.3, -0.25) is 0 Å². The molecule has 4 aromatic carbocycles. The van der Waals surface area contributed by atoms with E-state index in [1.165, 1.54) is 12.1 Å². The first-order valence-electron chi connectivity index (χ1n) is 11.7. The van der Waals surface area contributed by atoms with E-state index in [1.54, 1.807) is 37.1 Å². The van der Waals surface area contributed by atoms with Gasteiger partial charge in [-0.2, -0.15) is 0 Å². The fourth-order valence-corrected chi connectivity index (χ4v) is 4.78. The molecular formula is C31H27FO4S. The molecule has 0 amide bonds. The molecule has 0 saturated carbocycles. The van der Waals surface area contributed by atoms with Gasteiger partial charge >= 0.3 is 5.97 Å². The monoisotopic (exact) mass is 514 g/mol. The lowest BCUT2D eigenvalue weighted by Crippen LogP contribution is -2.09. The molecule has 0 radical (unpaired) electrons. The molecule has 0 fully saturated rings. The highest BCUT2D eigenvalue weighted by atomic mass is 32.2. The number of aryl methyl sites for hydroxylation is 1. The molecule has 0 aliphatic rings. The van der Waals surface area contributed by atoms with Crippen molar-refractivity contribution in [2.45, 2.75) is 11.8 Å². The number of ether oxygens (including phenoxy) is 2. The maximum atomic E-state index is 13.6. The first-order valence-corrected chi connectivity index (χ1v) is 12.7. The summed E-state index contributed by atoms with van der Waals surface area (Å²) >= 11 is 1.66. The third-order valence-corrected chi connectivity index (χ3v) is 6.71. The number of hydrogen-bond donors (Lipinski definition) is 1. The predicted molar refractivity (Wildman–Crippen MR) is 147 cm³/mol. The van der Waals surface area contributed by atoms with Crippen molar-refractivity contribution in [3.05, 3.63) is 120 Å². The number of hydrogen-bond acceptors (Lipinski definition) is 4. The second kappa shape index (κ2) is 12.3. The Labute approximate surface area is 220 Å². The maximum absolute atomic E-state index is 13.6. The quantitative estimate of drug-likeness (QED) is 0.222. The van der Waals surface area contributed by atoms with Gasteiger partial charge in [0, 0.05) is 10.6 Å². The van der Waals surface area contributed by atoms with Crippen LogP contribution < -0.4 is 9.47 Å². The highest BCUT2D eigenvalue weighted by Gasteiger charge is 2.09. The number of carboxylic acids is 1. The van der Waals surface area contributed by atoms with Crippen molar-refractivity contribution in [3.63, 3.8) is 0 Å². The third kappa shape index (κ3) is 7.02. The number of thioether (sulfide) groups is 1. The summed E-state index contributed by atoms with van der Waals surface area (Å²) in [4.78, 5) is 11.8. The van der Waals surface area contributed by atoms with E-state index in [0.717, 1.165) is 44.0 Å². The summed E-state index contributed by atoms with van der Waals surface area (Å²) in [6.45, 7) is 1.53. The van der Waals surface area contributed by atoms with E-state index in [4.69, 9.17) is 14.6 Å². The standard InChI is InChI=1S/C31H27FO4S/c1-21-18-28(14-15-30(21)36-20-31(33)34)37-17-16-29(24-10-12-26(32)13-11-24)23-8-6-22(7-9-23)25-4-3-5-27(19-25)35-2/h3-16,18-19H,17,20H2,1-2H3,(H,33,34)/b29-16+. The van der Waals surface area contributed by atoms with Crippen molar-refractivity contribution < 1.29 is 23.8 Å². The van der Waals surface area contributed by atoms with E-state index in [2.05, 4.69) is 30.3 Å². The van der Waals surface area contributed by atoms with E-state index in [9.17, 15) is 9.18 Å². The van der Waals surface area contributed by atoms with Crippen LogP contribution in [0.5, 0.6) is 11.5 Å². The van der Waals surface area contributed by atoms with Gasteiger partial charge in [0.25, 0.3) is 0 Å². The van der Waals surface area contributed by atoms with Gasteiger partial charge in [-0.1, -0.05) is 54.6 Å². The molecule has 0 saturated heterocycles. The van der Waals surface area contributed by atoms with Gasteiger partial charge in [0.2, 0.25) is 0 Å². The van der Waals surface area contributed by atoms with Crippen molar-refractivity contribution >= 4 is 23.3 Å². The molecule has 0 heterocycles. The molecule has 0 bridgehead atoms. The van der Waals surface area contributed by atoms with Crippen LogP contribution in [-0.4, -0.2) is 30.5 Å². The lowest BCUT2D eigenvalue weighted by atomic mass is 9.95. The highest BCUT2D eigenvalue weighted by Crippen LogP contribution is 2.31. The summed E-state index contributed by atoms with van der Waals surface area (Å²) in [5.74, 6) is 0.783. The third-order valence-electron chi connectivity index (χ3n) is 5.79. The average Bonchev–Trinajstić information content (AvgIpc) is 2.91. The Hall–Kier alpha value is -4.03. The topological polar surface area (TPSA) is 55.8 Å². The lowest BCUT2D eigenvalue weighted by molar-refractivity contribution is -0.139. The zero-order chi connectivity index (χ0) is 26.2. The van der Waals surface area contributed by atoms with Crippen LogP contribution >= 0.6 is 11.8 Å². The zero-order valence-corrected chi connectivity index (χ0v) is 21.4. The number of carbonyl (C=O) groups is 1. The highest BCUT2D eigenvalue weighted by molar-refractivity contribution is 7.99. The smallest absolute Gasteiger partial charge is 0.341 e. The van der Waals surface area contributed by atoms with Crippen LogP contribution in [-0.2, 0) is 4.79 Å². The number of rotatable bonds is 10. The lowest BCUT2D eigenvalue weighted by Gasteiger charge is -2.12. The van der Waals surface area contributed by atoms with Crippen LogP contribution in [0.2, 0.25) is 0 Å².